The van der Waals surface area contributed by atoms with E-state index < -0.39 is 0 Å². The number of rotatable bonds is 4. The first-order chi connectivity index (χ1) is 8.21. The Kier molecular flexibility index (Phi) is 2.74. The summed E-state index contributed by atoms with van der Waals surface area (Å²) in [5, 5.41) is 3.45. The zero-order valence-electron chi connectivity index (χ0n) is 10.9. The van der Waals surface area contributed by atoms with Crippen molar-refractivity contribution in [2.45, 2.75) is 45.6 Å². The lowest BCUT2D eigenvalue weighted by atomic mass is 9.92. The molecule has 1 aromatic heterocycles. The van der Waals surface area contributed by atoms with Crippen molar-refractivity contribution in [1.29, 1.82) is 0 Å². The van der Waals surface area contributed by atoms with E-state index in [0.717, 1.165) is 19.0 Å². The summed E-state index contributed by atoms with van der Waals surface area (Å²) in [7, 11) is 0. The predicted molar refractivity (Wildman–Crippen MR) is 69.0 cm³/mol. The van der Waals surface area contributed by atoms with Crippen LogP contribution in [0.3, 0.4) is 0 Å². The number of hydrogen-bond donors (Lipinski definition) is 1. The van der Waals surface area contributed by atoms with Crippen LogP contribution in [-0.2, 0) is 6.54 Å². The van der Waals surface area contributed by atoms with Gasteiger partial charge in [-0.25, -0.2) is 4.98 Å². The van der Waals surface area contributed by atoms with E-state index in [-0.39, 0.29) is 0 Å². The van der Waals surface area contributed by atoms with Gasteiger partial charge in [0.25, 0.3) is 0 Å². The standard InChI is InChI=1S/C14H23N3/c1-11(2)14(4-5-14)9-17-10-16-8-13(17)12-3-6-15-7-12/h8,10-12,15H,3-7,9H2,1-2H3. The minimum absolute atomic E-state index is 0.571. The molecule has 1 atom stereocenters. The lowest BCUT2D eigenvalue weighted by molar-refractivity contribution is 0.303. The van der Waals surface area contributed by atoms with E-state index in [4.69, 9.17) is 0 Å². The highest BCUT2D eigenvalue weighted by Crippen LogP contribution is 2.53. The van der Waals surface area contributed by atoms with E-state index in [1.165, 1.54) is 31.5 Å². The molecule has 1 N–H and O–H groups in total. The van der Waals surface area contributed by atoms with Crippen molar-refractivity contribution in [3.8, 4) is 0 Å². The summed E-state index contributed by atoms with van der Waals surface area (Å²) >= 11 is 0. The van der Waals surface area contributed by atoms with Crippen molar-refractivity contribution in [3.63, 3.8) is 0 Å². The molecule has 17 heavy (non-hydrogen) atoms. The van der Waals surface area contributed by atoms with Crippen LogP contribution in [0.25, 0.3) is 0 Å². The molecule has 2 aliphatic rings. The first-order valence-electron chi connectivity index (χ1n) is 6.92. The fourth-order valence-electron chi connectivity index (χ4n) is 3.13. The molecule has 2 heterocycles. The smallest absolute Gasteiger partial charge is 0.0948 e. The molecule has 0 bridgehead atoms. The minimum Gasteiger partial charge on any atom is -0.334 e. The monoisotopic (exact) mass is 233 g/mol. The molecule has 1 aliphatic carbocycles. The van der Waals surface area contributed by atoms with Gasteiger partial charge in [-0.05, 0) is 37.1 Å². The van der Waals surface area contributed by atoms with Crippen LogP contribution in [-0.4, -0.2) is 22.6 Å². The van der Waals surface area contributed by atoms with Gasteiger partial charge in [0.2, 0.25) is 0 Å². The van der Waals surface area contributed by atoms with E-state index >= 15 is 0 Å². The second kappa shape index (κ2) is 4.13. The van der Waals surface area contributed by atoms with Crippen LogP contribution >= 0.6 is 0 Å². The van der Waals surface area contributed by atoms with Crippen molar-refractivity contribution in [2.24, 2.45) is 11.3 Å². The summed E-state index contributed by atoms with van der Waals surface area (Å²) in [5.41, 5.74) is 2.02. The first-order valence-corrected chi connectivity index (χ1v) is 6.92. The SMILES string of the molecule is CC(C)C1(Cn2cncc2C2CCNC2)CC1. The molecule has 1 unspecified atom stereocenters. The van der Waals surface area contributed by atoms with Gasteiger partial charge in [-0.3, -0.25) is 0 Å². The van der Waals surface area contributed by atoms with Crippen LogP contribution in [0.15, 0.2) is 12.5 Å². The third-order valence-corrected chi connectivity index (χ3v) is 4.83. The molecular formula is C14H23N3. The molecule has 1 aliphatic heterocycles. The Bertz CT molecular complexity index is 384. The highest BCUT2D eigenvalue weighted by Gasteiger charge is 2.45. The zero-order valence-corrected chi connectivity index (χ0v) is 10.9. The predicted octanol–water partition coefficient (Wildman–Crippen LogP) is 2.40. The summed E-state index contributed by atoms with van der Waals surface area (Å²) in [6.45, 7) is 8.18. The fraction of sp³-hybridized carbons (Fsp3) is 0.786. The topological polar surface area (TPSA) is 29.9 Å². The average Bonchev–Trinajstić information content (AvgIpc) is 2.75. The second-order valence-electron chi connectivity index (χ2n) is 6.15. The third kappa shape index (κ3) is 2.01. The Labute approximate surface area is 104 Å². The summed E-state index contributed by atoms with van der Waals surface area (Å²) in [6.07, 6.45) is 8.17. The van der Waals surface area contributed by atoms with Crippen molar-refractivity contribution < 1.29 is 0 Å². The maximum atomic E-state index is 4.37. The Hall–Kier alpha value is -0.830. The van der Waals surface area contributed by atoms with Crippen molar-refractivity contribution in [2.75, 3.05) is 13.1 Å². The summed E-state index contributed by atoms with van der Waals surface area (Å²) in [6, 6.07) is 0. The van der Waals surface area contributed by atoms with Crippen LogP contribution in [0.5, 0.6) is 0 Å². The van der Waals surface area contributed by atoms with Gasteiger partial charge < -0.3 is 9.88 Å². The number of nitrogens with one attached hydrogen (secondary N) is 1. The molecule has 1 aromatic rings. The molecule has 3 rings (SSSR count). The van der Waals surface area contributed by atoms with E-state index in [0.29, 0.717) is 11.3 Å². The molecule has 1 saturated carbocycles. The summed E-state index contributed by atoms with van der Waals surface area (Å²) in [5.74, 6) is 1.47. The fourth-order valence-corrected chi connectivity index (χ4v) is 3.13. The number of aromatic nitrogens is 2. The zero-order chi connectivity index (χ0) is 11.9. The van der Waals surface area contributed by atoms with E-state index in [9.17, 15) is 0 Å². The first kappa shape index (κ1) is 11.3. The van der Waals surface area contributed by atoms with Gasteiger partial charge in [0.1, 0.15) is 0 Å². The molecule has 0 spiro atoms. The van der Waals surface area contributed by atoms with Crippen molar-refractivity contribution in [3.05, 3.63) is 18.2 Å². The summed E-state index contributed by atoms with van der Waals surface area (Å²) in [4.78, 5) is 4.37. The van der Waals surface area contributed by atoms with Gasteiger partial charge in [0.15, 0.2) is 0 Å². The van der Waals surface area contributed by atoms with E-state index in [1.54, 1.807) is 0 Å². The van der Waals surface area contributed by atoms with Gasteiger partial charge in [-0.1, -0.05) is 13.8 Å². The lowest BCUT2D eigenvalue weighted by Crippen LogP contribution is -2.20. The maximum absolute atomic E-state index is 4.37. The molecule has 0 amide bonds. The van der Waals surface area contributed by atoms with E-state index in [1.807, 2.05) is 6.33 Å². The molecule has 3 nitrogen and oxygen atoms in total. The number of nitrogens with zero attached hydrogens (tertiary/aromatic N) is 2. The molecule has 0 aromatic carbocycles. The Balaban J connectivity index is 1.77. The number of imidazole rings is 1. The van der Waals surface area contributed by atoms with E-state index in [2.05, 4.69) is 34.9 Å². The van der Waals surface area contributed by atoms with Gasteiger partial charge in [-0.2, -0.15) is 0 Å². The van der Waals surface area contributed by atoms with Crippen molar-refractivity contribution in [1.82, 2.24) is 14.9 Å². The Morgan fingerprint density at radius 2 is 2.35 bits per heavy atom. The number of hydrogen-bond acceptors (Lipinski definition) is 2. The van der Waals surface area contributed by atoms with Crippen LogP contribution in [0.1, 0.15) is 44.7 Å². The second-order valence-corrected chi connectivity index (χ2v) is 6.15. The maximum Gasteiger partial charge on any atom is 0.0948 e. The van der Waals surface area contributed by atoms with Crippen LogP contribution < -0.4 is 5.32 Å². The van der Waals surface area contributed by atoms with Crippen molar-refractivity contribution >= 4 is 0 Å². The van der Waals surface area contributed by atoms with Crippen LogP contribution in [0.2, 0.25) is 0 Å². The largest absolute Gasteiger partial charge is 0.334 e. The Morgan fingerprint density at radius 1 is 1.53 bits per heavy atom. The molecule has 2 fully saturated rings. The molecule has 0 radical (unpaired) electrons. The van der Waals surface area contributed by atoms with Gasteiger partial charge in [0, 0.05) is 30.9 Å². The van der Waals surface area contributed by atoms with Gasteiger partial charge in [0.05, 0.1) is 6.33 Å². The molecule has 1 saturated heterocycles. The van der Waals surface area contributed by atoms with Crippen LogP contribution in [0, 0.1) is 11.3 Å². The van der Waals surface area contributed by atoms with Gasteiger partial charge in [-0.15, -0.1) is 0 Å². The average molecular weight is 233 g/mol. The lowest BCUT2D eigenvalue weighted by Gasteiger charge is -2.22. The molecule has 94 valence electrons. The van der Waals surface area contributed by atoms with Gasteiger partial charge >= 0.3 is 0 Å². The quantitative estimate of drug-likeness (QED) is 0.865. The summed E-state index contributed by atoms with van der Waals surface area (Å²) < 4.78 is 2.42. The Morgan fingerprint density at radius 3 is 2.94 bits per heavy atom. The highest BCUT2D eigenvalue weighted by atomic mass is 15.1. The highest BCUT2D eigenvalue weighted by molar-refractivity contribution is 5.11. The minimum atomic E-state index is 0.571. The normalized spacial score (nSPS) is 26.6. The third-order valence-electron chi connectivity index (χ3n) is 4.83. The molecular weight excluding hydrogens is 210 g/mol. The van der Waals surface area contributed by atoms with Crippen LogP contribution in [0.4, 0.5) is 0 Å². The molecule has 3 heteroatoms.